The molecule has 2 rings (SSSR count). The fourth-order valence-electron chi connectivity index (χ4n) is 2.14. The molecule has 0 bridgehead atoms. The highest BCUT2D eigenvalue weighted by molar-refractivity contribution is 7.09. The van der Waals surface area contributed by atoms with Crippen LogP contribution < -0.4 is 10.6 Å². The Bertz CT molecular complexity index is 329. The summed E-state index contributed by atoms with van der Waals surface area (Å²) in [4.78, 5) is 13.2. The van der Waals surface area contributed by atoms with Gasteiger partial charge in [-0.25, -0.2) is 0 Å². The highest BCUT2D eigenvalue weighted by atomic mass is 32.1. The predicted octanol–water partition coefficient (Wildman–Crippen LogP) is 1.94. The van der Waals surface area contributed by atoms with Crippen LogP contribution in [-0.2, 0) is 11.2 Å². The topological polar surface area (TPSA) is 41.1 Å². The number of carbonyl (C=O) groups is 1. The standard InChI is InChI=1S/C13H20N2OS/c16-13(12-6-2-1-3-8-14-12)15-9-7-11-5-4-10-17-11/h4-5,10,12,14H,1-3,6-9H2,(H,15,16). The molecule has 1 unspecified atom stereocenters. The minimum absolute atomic E-state index is 0.0286. The van der Waals surface area contributed by atoms with Crippen molar-refractivity contribution in [3.8, 4) is 0 Å². The van der Waals surface area contributed by atoms with Gasteiger partial charge in [-0.15, -0.1) is 11.3 Å². The first-order valence-electron chi connectivity index (χ1n) is 6.40. The van der Waals surface area contributed by atoms with Gasteiger partial charge in [0.15, 0.2) is 0 Å². The van der Waals surface area contributed by atoms with E-state index >= 15 is 0 Å². The van der Waals surface area contributed by atoms with E-state index in [1.807, 2.05) is 0 Å². The minimum atomic E-state index is 0.0286. The Kier molecular flexibility index (Phi) is 5.01. The van der Waals surface area contributed by atoms with Crippen molar-refractivity contribution in [2.75, 3.05) is 13.1 Å². The lowest BCUT2D eigenvalue weighted by Gasteiger charge is -2.15. The molecule has 0 spiro atoms. The van der Waals surface area contributed by atoms with E-state index < -0.39 is 0 Å². The van der Waals surface area contributed by atoms with Crippen LogP contribution in [0.3, 0.4) is 0 Å². The molecule has 17 heavy (non-hydrogen) atoms. The lowest BCUT2D eigenvalue weighted by Crippen LogP contribution is -2.44. The zero-order valence-corrected chi connectivity index (χ0v) is 10.9. The summed E-state index contributed by atoms with van der Waals surface area (Å²) in [6, 6.07) is 4.19. The summed E-state index contributed by atoms with van der Waals surface area (Å²) < 4.78 is 0. The van der Waals surface area contributed by atoms with E-state index in [9.17, 15) is 4.79 Å². The van der Waals surface area contributed by atoms with Crippen LogP contribution in [0.1, 0.15) is 30.6 Å². The van der Waals surface area contributed by atoms with Gasteiger partial charge in [0, 0.05) is 11.4 Å². The van der Waals surface area contributed by atoms with E-state index in [0.29, 0.717) is 0 Å². The quantitative estimate of drug-likeness (QED) is 0.860. The third-order valence-corrected chi connectivity index (χ3v) is 4.06. The summed E-state index contributed by atoms with van der Waals surface area (Å²) >= 11 is 1.75. The molecule has 0 radical (unpaired) electrons. The van der Waals surface area contributed by atoms with E-state index in [1.54, 1.807) is 11.3 Å². The maximum Gasteiger partial charge on any atom is 0.237 e. The van der Waals surface area contributed by atoms with Gasteiger partial charge >= 0.3 is 0 Å². The molecule has 1 aromatic heterocycles. The average Bonchev–Trinajstić information content (AvgIpc) is 2.69. The van der Waals surface area contributed by atoms with Gasteiger partial charge in [0.05, 0.1) is 6.04 Å². The van der Waals surface area contributed by atoms with Crippen molar-refractivity contribution >= 4 is 17.2 Å². The van der Waals surface area contributed by atoms with E-state index in [2.05, 4.69) is 28.1 Å². The fraction of sp³-hybridized carbons (Fsp3) is 0.615. The third kappa shape index (κ3) is 4.13. The molecule has 3 nitrogen and oxygen atoms in total. The summed E-state index contributed by atoms with van der Waals surface area (Å²) in [5, 5.41) is 8.41. The largest absolute Gasteiger partial charge is 0.354 e. The van der Waals surface area contributed by atoms with Crippen LogP contribution in [0.5, 0.6) is 0 Å². The van der Waals surface area contributed by atoms with Crippen molar-refractivity contribution in [2.24, 2.45) is 0 Å². The Balaban J connectivity index is 1.69. The SMILES string of the molecule is O=C(NCCc1cccs1)C1CCCCCN1. The normalized spacial score (nSPS) is 20.8. The van der Waals surface area contributed by atoms with Gasteiger partial charge in [-0.3, -0.25) is 4.79 Å². The molecular formula is C13H20N2OS. The van der Waals surface area contributed by atoms with Crippen molar-refractivity contribution in [3.05, 3.63) is 22.4 Å². The highest BCUT2D eigenvalue weighted by Gasteiger charge is 2.18. The minimum Gasteiger partial charge on any atom is -0.354 e. The van der Waals surface area contributed by atoms with Gasteiger partial charge in [-0.05, 0) is 37.3 Å². The molecule has 0 aliphatic carbocycles. The monoisotopic (exact) mass is 252 g/mol. The Hall–Kier alpha value is -0.870. The summed E-state index contributed by atoms with van der Waals surface area (Å²) in [5.41, 5.74) is 0. The molecule has 1 aliphatic rings. The number of carbonyl (C=O) groups excluding carboxylic acids is 1. The average molecular weight is 252 g/mol. The second kappa shape index (κ2) is 6.77. The Morgan fingerprint density at radius 1 is 1.47 bits per heavy atom. The molecule has 1 fully saturated rings. The van der Waals surface area contributed by atoms with Crippen molar-refractivity contribution in [3.63, 3.8) is 0 Å². The van der Waals surface area contributed by atoms with Crippen molar-refractivity contribution in [1.82, 2.24) is 10.6 Å². The van der Waals surface area contributed by atoms with Gasteiger partial charge in [0.1, 0.15) is 0 Å². The van der Waals surface area contributed by atoms with Gasteiger partial charge < -0.3 is 10.6 Å². The van der Waals surface area contributed by atoms with E-state index in [0.717, 1.165) is 32.4 Å². The number of hydrogen-bond acceptors (Lipinski definition) is 3. The van der Waals surface area contributed by atoms with Crippen LogP contribution in [0.2, 0.25) is 0 Å². The molecule has 4 heteroatoms. The molecule has 2 N–H and O–H groups in total. The number of amides is 1. The van der Waals surface area contributed by atoms with Gasteiger partial charge in [-0.1, -0.05) is 18.9 Å². The summed E-state index contributed by atoms with van der Waals surface area (Å²) in [6.45, 7) is 1.72. The fourth-order valence-corrected chi connectivity index (χ4v) is 2.85. The van der Waals surface area contributed by atoms with Crippen LogP contribution in [0.15, 0.2) is 17.5 Å². The second-order valence-electron chi connectivity index (χ2n) is 4.48. The maximum absolute atomic E-state index is 11.9. The maximum atomic E-state index is 11.9. The Morgan fingerprint density at radius 2 is 2.41 bits per heavy atom. The van der Waals surface area contributed by atoms with Crippen LogP contribution in [-0.4, -0.2) is 25.0 Å². The number of nitrogens with one attached hydrogen (secondary N) is 2. The lowest BCUT2D eigenvalue weighted by molar-refractivity contribution is -0.123. The molecular weight excluding hydrogens is 232 g/mol. The van der Waals surface area contributed by atoms with Gasteiger partial charge in [-0.2, -0.15) is 0 Å². The predicted molar refractivity (Wildman–Crippen MR) is 71.3 cm³/mol. The molecule has 1 saturated heterocycles. The zero-order chi connectivity index (χ0) is 11.9. The van der Waals surface area contributed by atoms with E-state index in [1.165, 1.54) is 17.7 Å². The Labute approximate surface area is 107 Å². The number of hydrogen-bond donors (Lipinski definition) is 2. The lowest BCUT2D eigenvalue weighted by atomic mass is 10.1. The van der Waals surface area contributed by atoms with Crippen LogP contribution >= 0.6 is 11.3 Å². The van der Waals surface area contributed by atoms with Gasteiger partial charge in [0.2, 0.25) is 5.91 Å². The number of rotatable bonds is 4. The van der Waals surface area contributed by atoms with Crippen molar-refractivity contribution < 1.29 is 4.79 Å². The van der Waals surface area contributed by atoms with Crippen LogP contribution in [0, 0.1) is 0 Å². The molecule has 94 valence electrons. The smallest absolute Gasteiger partial charge is 0.237 e. The molecule has 1 aromatic rings. The van der Waals surface area contributed by atoms with E-state index in [4.69, 9.17) is 0 Å². The summed E-state index contributed by atoms with van der Waals surface area (Å²) in [5.74, 6) is 0.170. The Morgan fingerprint density at radius 3 is 3.24 bits per heavy atom. The van der Waals surface area contributed by atoms with Crippen molar-refractivity contribution in [1.29, 1.82) is 0 Å². The number of thiophene rings is 1. The molecule has 0 aromatic carbocycles. The first-order chi connectivity index (χ1) is 8.36. The molecule has 1 aliphatic heterocycles. The van der Waals surface area contributed by atoms with Crippen LogP contribution in [0.25, 0.3) is 0 Å². The van der Waals surface area contributed by atoms with Crippen molar-refractivity contribution in [2.45, 2.75) is 38.1 Å². The van der Waals surface area contributed by atoms with E-state index in [-0.39, 0.29) is 11.9 Å². The molecule has 0 saturated carbocycles. The van der Waals surface area contributed by atoms with Gasteiger partial charge in [0.25, 0.3) is 0 Å². The third-order valence-electron chi connectivity index (χ3n) is 3.13. The van der Waals surface area contributed by atoms with Crippen LogP contribution in [0.4, 0.5) is 0 Å². The second-order valence-corrected chi connectivity index (χ2v) is 5.51. The molecule has 2 heterocycles. The summed E-state index contributed by atoms with van der Waals surface area (Å²) in [7, 11) is 0. The zero-order valence-electron chi connectivity index (χ0n) is 10.1. The highest BCUT2D eigenvalue weighted by Crippen LogP contribution is 2.09. The first-order valence-corrected chi connectivity index (χ1v) is 7.28. The molecule has 1 atom stereocenters. The molecule has 1 amide bonds. The first kappa shape index (κ1) is 12.6. The summed E-state index contributed by atoms with van der Waals surface area (Å²) in [6.07, 6.45) is 5.52.